The van der Waals surface area contributed by atoms with Crippen LogP contribution in [-0.4, -0.2) is 17.1 Å². The Bertz CT molecular complexity index is 814. The number of benzene rings is 2. The Morgan fingerprint density at radius 1 is 1.00 bits per heavy atom. The molecule has 2 amide bonds. The maximum atomic E-state index is 12.4. The summed E-state index contributed by atoms with van der Waals surface area (Å²) in [6.07, 6.45) is 0. The molecule has 2 aromatic carbocycles. The van der Waals surface area contributed by atoms with Gasteiger partial charge in [0.25, 0.3) is 0 Å². The van der Waals surface area contributed by atoms with Crippen molar-refractivity contribution in [2.45, 2.75) is 24.0 Å². The molecule has 0 aliphatic carbocycles. The fourth-order valence-electron chi connectivity index (χ4n) is 1.94. The van der Waals surface area contributed by atoms with Gasteiger partial charge in [-0.2, -0.15) is 0 Å². The van der Waals surface area contributed by atoms with E-state index in [1.165, 1.54) is 18.7 Å². The van der Waals surface area contributed by atoms with E-state index < -0.39 is 5.25 Å². The van der Waals surface area contributed by atoms with Crippen molar-refractivity contribution in [2.75, 3.05) is 10.6 Å². The highest BCUT2D eigenvalue weighted by molar-refractivity contribution is 8.00. The van der Waals surface area contributed by atoms with Gasteiger partial charge in [-0.3, -0.25) is 9.59 Å². The summed E-state index contributed by atoms with van der Waals surface area (Å²) < 4.78 is 0. The number of anilines is 2. The average molecular weight is 418 g/mol. The topological polar surface area (TPSA) is 58.2 Å². The van der Waals surface area contributed by atoms with Gasteiger partial charge in [0, 0.05) is 22.5 Å². The SMILES string of the molecule is CC(=O)Nc1ccc(NC(=O)C(C)Sc2cc(Cl)ccc2Cl)c(Cl)c1. The first-order valence-corrected chi connectivity index (χ1v) is 9.27. The third-order valence-electron chi connectivity index (χ3n) is 3.11. The Hall–Kier alpha value is -1.40. The van der Waals surface area contributed by atoms with E-state index in [-0.39, 0.29) is 11.8 Å². The molecular formula is C17H15Cl3N2O2S. The van der Waals surface area contributed by atoms with Crippen LogP contribution in [0.5, 0.6) is 0 Å². The van der Waals surface area contributed by atoms with Crippen LogP contribution >= 0.6 is 46.6 Å². The second-order valence-corrected chi connectivity index (χ2v) is 7.83. The highest BCUT2D eigenvalue weighted by Crippen LogP contribution is 2.33. The lowest BCUT2D eigenvalue weighted by molar-refractivity contribution is -0.115. The molecule has 0 aromatic heterocycles. The van der Waals surface area contributed by atoms with Gasteiger partial charge in [-0.15, -0.1) is 11.8 Å². The molecule has 0 aliphatic heterocycles. The van der Waals surface area contributed by atoms with E-state index in [2.05, 4.69) is 10.6 Å². The van der Waals surface area contributed by atoms with Gasteiger partial charge in [0.15, 0.2) is 0 Å². The molecule has 1 unspecified atom stereocenters. The van der Waals surface area contributed by atoms with Gasteiger partial charge in [0.05, 0.1) is 21.0 Å². The summed E-state index contributed by atoms with van der Waals surface area (Å²) >= 11 is 19.5. The molecule has 2 aromatic rings. The fourth-order valence-corrected chi connectivity index (χ4v) is 3.58. The molecule has 0 heterocycles. The number of halogens is 3. The molecular weight excluding hydrogens is 403 g/mol. The number of rotatable bonds is 5. The summed E-state index contributed by atoms with van der Waals surface area (Å²) in [6, 6.07) is 9.96. The predicted octanol–water partition coefficient (Wildman–Crippen LogP) is 5.72. The van der Waals surface area contributed by atoms with Crippen LogP contribution in [-0.2, 0) is 9.59 Å². The number of hydrogen-bond donors (Lipinski definition) is 2. The summed E-state index contributed by atoms with van der Waals surface area (Å²) in [5.41, 5.74) is 1.02. The first-order chi connectivity index (χ1) is 11.8. The summed E-state index contributed by atoms with van der Waals surface area (Å²) in [6.45, 7) is 3.17. The monoisotopic (exact) mass is 416 g/mol. The largest absolute Gasteiger partial charge is 0.326 e. The van der Waals surface area contributed by atoms with Crippen molar-refractivity contribution < 1.29 is 9.59 Å². The van der Waals surface area contributed by atoms with Gasteiger partial charge < -0.3 is 10.6 Å². The van der Waals surface area contributed by atoms with Gasteiger partial charge in [-0.1, -0.05) is 34.8 Å². The molecule has 2 rings (SSSR count). The maximum Gasteiger partial charge on any atom is 0.237 e. The molecule has 0 saturated heterocycles. The molecule has 0 aliphatic rings. The van der Waals surface area contributed by atoms with E-state index in [0.717, 1.165) is 4.90 Å². The minimum atomic E-state index is -0.415. The van der Waals surface area contributed by atoms with Crippen molar-refractivity contribution in [3.63, 3.8) is 0 Å². The number of carbonyl (C=O) groups excluding carboxylic acids is 2. The Morgan fingerprint density at radius 2 is 1.72 bits per heavy atom. The van der Waals surface area contributed by atoms with E-state index in [9.17, 15) is 9.59 Å². The summed E-state index contributed by atoms with van der Waals surface area (Å²) in [7, 11) is 0. The Morgan fingerprint density at radius 3 is 2.36 bits per heavy atom. The highest BCUT2D eigenvalue weighted by Gasteiger charge is 2.17. The van der Waals surface area contributed by atoms with E-state index >= 15 is 0 Å². The third-order valence-corrected chi connectivity index (χ3v) is 5.26. The first kappa shape index (κ1) is 19.9. The standard InChI is InChI=1S/C17H15Cl3N2O2S/c1-9(25-16-7-11(18)3-5-13(16)19)17(24)22-15-6-4-12(8-14(15)20)21-10(2)23/h3-9H,1-2H3,(H,21,23)(H,22,24). The van der Waals surface area contributed by atoms with Gasteiger partial charge >= 0.3 is 0 Å². The van der Waals surface area contributed by atoms with Crippen LogP contribution in [0, 0.1) is 0 Å². The van der Waals surface area contributed by atoms with Crippen molar-refractivity contribution in [2.24, 2.45) is 0 Å². The van der Waals surface area contributed by atoms with Crippen molar-refractivity contribution >= 4 is 69.8 Å². The molecule has 0 bridgehead atoms. The highest BCUT2D eigenvalue weighted by atomic mass is 35.5. The molecule has 1 atom stereocenters. The lowest BCUT2D eigenvalue weighted by Gasteiger charge is -2.14. The fraction of sp³-hybridized carbons (Fsp3) is 0.176. The van der Waals surface area contributed by atoms with Crippen molar-refractivity contribution in [1.29, 1.82) is 0 Å². The Labute approximate surface area is 165 Å². The van der Waals surface area contributed by atoms with E-state index in [1.807, 2.05) is 0 Å². The molecule has 4 nitrogen and oxygen atoms in total. The molecule has 0 spiro atoms. The normalized spacial score (nSPS) is 11.7. The third kappa shape index (κ3) is 5.82. The second kappa shape index (κ2) is 8.81. The first-order valence-electron chi connectivity index (χ1n) is 7.26. The van der Waals surface area contributed by atoms with E-state index in [0.29, 0.717) is 26.4 Å². The zero-order valence-electron chi connectivity index (χ0n) is 13.4. The van der Waals surface area contributed by atoms with Crippen LogP contribution in [0.15, 0.2) is 41.3 Å². The molecule has 0 fully saturated rings. The summed E-state index contributed by atoms with van der Waals surface area (Å²) in [5.74, 6) is -0.425. The van der Waals surface area contributed by atoms with Crippen molar-refractivity contribution in [3.05, 3.63) is 51.5 Å². The van der Waals surface area contributed by atoms with Crippen molar-refractivity contribution in [1.82, 2.24) is 0 Å². The van der Waals surface area contributed by atoms with Crippen molar-refractivity contribution in [3.8, 4) is 0 Å². The summed E-state index contributed by atoms with van der Waals surface area (Å²) in [5, 5.41) is 6.39. The molecule has 0 radical (unpaired) electrons. The molecule has 0 saturated carbocycles. The van der Waals surface area contributed by atoms with Crippen LogP contribution in [0.2, 0.25) is 15.1 Å². The smallest absolute Gasteiger partial charge is 0.237 e. The molecule has 2 N–H and O–H groups in total. The van der Waals surface area contributed by atoms with Crippen LogP contribution in [0.3, 0.4) is 0 Å². The van der Waals surface area contributed by atoms with E-state index in [1.54, 1.807) is 43.3 Å². The van der Waals surface area contributed by atoms with Crippen LogP contribution in [0.25, 0.3) is 0 Å². The minimum Gasteiger partial charge on any atom is -0.326 e. The van der Waals surface area contributed by atoms with E-state index in [4.69, 9.17) is 34.8 Å². The lowest BCUT2D eigenvalue weighted by Crippen LogP contribution is -2.22. The molecule has 8 heteroatoms. The number of carbonyl (C=O) groups is 2. The minimum absolute atomic E-state index is 0.198. The zero-order chi connectivity index (χ0) is 18.6. The predicted molar refractivity (Wildman–Crippen MR) is 106 cm³/mol. The number of thioether (sulfide) groups is 1. The van der Waals surface area contributed by atoms with Gasteiger partial charge in [-0.05, 0) is 43.3 Å². The lowest BCUT2D eigenvalue weighted by atomic mass is 10.2. The second-order valence-electron chi connectivity index (χ2n) is 5.20. The van der Waals surface area contributed by atoms with Crippen LogP contribution in [0.1, 0.15) is 13.8 Å². The number of amides is 2. The Kier molecular flexibility index (Phi) is 7.02. The van der Waals surface area contributed by atoms with Gasteiger partial charge in [-0.25, -0.2) is 0 Å². The maximum absolute atomic E-state index is 12.4. The molecule has 25 heavy (non-hydrogen) atoms. The van der Waals surface area contributed by atoms with Crippen LogP contribution < -0.4 is 10.6 Å². The van der Waals surface area contributed by atoms with Gasteiger partial charge in [0.2, 0.25) is 11.8 Å². The molecule has 132 valence electrons. The summed E-state index contributed by atoms with van der Waals surface area (Å²) in [4.78, 5) is 24.2. The number of nitrogens with one attached hydrogen (secondary N) is 2. The van der Waals surface area contributed by atoms with Crippen LogP contribution in [0.4, 0.5) is 11.4 Å². The quantitative estimate of drug-likeness (QED) is 0.611. The number of hydrogen-bond acceptors (Lipinski definition) is 3. The zero-order valence-corrected chi connectivity index (χ0v) is 16.5. The average Bonchev–Trinajstić information content (AvgIpc) is 2.52. The van der Waals surface area contributed by atoms with Gasteiger partial charge in [0.1, 0.15) is 0 Å². The Balaban J connectivity index is 2.06.